The monoisotopic (exact) mass is 453 g/mol. The quantitative estimate of drug-likeness (QED) is 0.584. The number of sulfonamides is 1. The van der Waals surface area contributed by atoms with Gasteiger partial charge in [0.25, 0.3) is 11.8 Å². The molecule has 0 radical (unpaired) electrons. The smallest absolute Gasteiger partial charge is 0.267 e. The van der Waals surface area contributed by atoms with Crippen LogP contribution < -0.4 is 10.9 Å². The van der Waals surface area contributed by atoms with Crippen molar-refractivity contribution in [2.45, 2.75) is 31.6 Å². The lowest BCUT2D eigenvalue weighted by Gasteiger charge is -2.15. The molecule has 3 aromatic rings. The molecule has 1 fully saturated rings. The molecule has 0 saturated carbocycles. The second kappa shape index (κ2) is 8.64. The third-order valence-corrected chi connectivity index (χ3v) is 7.36. The van der Waals surface area contributed by atoms with Gasteiger partial charge in [0.1, 0.15) is 0 Å². The number of carbonyl (C=O) groups is 2. The van der Waals surface area contributed by atoms with Crippen LogP contribution in [-0.2, 0) is 10.0 Å². The fourth-order valence-corrected chi connectivity index (χ4v) is 5.00. The highest BCUT2D eigenvalue weighted by molar-refractivity contribution is 7.89. The lowest BCUT2D eigenvalue weighted by atomic mass is 10.1. The molecule has 1 aromatic heterocycles. The van der Waals surface area contributed by atoms with Crippen LogP contribution in [0.25, 0.3) is 11.0 Å². The van der Waals surface area contributed by atoms with Gasteiger partial charge in [-0.3, -0.25) is 20.4 Å². The fourth-order valence-electron chi connectivity index (χ4n) is 3.49. The zero-order valence-corrected chi connectivity index (χ0v) is 18.6. The van der Waals surface area contributed by atoms with E-state index in [2.05, 4.69) is 20.8 Å². The lowest BCUT2D eigenvalue weighted by molar-refractivity contribution is 0.0846. The first-order valence-corrected chi connectivity index (χ1v) is 11.7. The Bertz CT molecular complexity index is 1300. The van der Waals surface area contributed by atoms with Crippen LogP contribution in [0.1, 0.15) is 44.9 Å². The first kappa shape index (κ1) is 21.8. The summed E-state index contributed by atoms with van der Waals surface area (Å²) in [5.41, 5.74) is 8.11. The average Bonchev–Trinajstić information content (AvgIpc) is 3.34. The molecule has 2 N–H and O–H groups in total. The van der Waals surface area contributed by atoms with Crippen LogP contribution in [0.15, 0.2) is 47.4 Å². The maximum absolute atomic E-state index is 12.6. The molecule has 4 rings (SSSR count). The maximum Gasteiger partial charge on any atom is 0.269 e. The van der Waals surface area contributed by atoms with Crippen molar-refractivity contribution in [3.63, 3.8) is 0 Å². The Morgan fingerprint density at radius 2 is 1.34 bits per heavy atom. The van der Waals surface area contributed by atoms with Crippen molar-refractivity contribution in [1.82, 2.24) is 25.1 Å². The summed E-state index contributed by atoms with van der Waals surface area (Å²) >= 11 is 0. The Morgan fingerprint density at radius 3 is 1.97 bits per heavy atom. The van der Waals surface area contributed by atoms with Gasteiger partial charge in [-0.15, -0.1) is 0 Å². The molecular formula is C22H23N5O4S. The van der Waals surface area contributed by atoms with Crippen LogP contribution in [0.3, 0.4) is 0 Å². The highest BCUT2D eigenvalue weighted by atomic mass is 32.2. The zero-order chi connectivity index (χ0) is 22.9. The number of rotatable bonds is 4. The van der Waals surface area contributed by atoms with Crippen LogP contribution in [0.2, 0.25) is 0 Å². The van der Waals surface area contributed by atoms with Crippen LogP contribution in [0, 0.1) is 13.8 Å². The normalized spacial score (nSPS) is 14.4. The number of carbonyl (C=O) groups excluding carboxylic acids is 2. The summed E-state index contributed by atoms with van der Waals surface area (Å²) in [4.78, 5) is 33.8. The molecule has 0 aliphatic carbocycles. The predicted molar refractivity (Wildman–Crippen MR) is 118 cm³/mol. The van der Waals surface area contributed by atoms with Crippen LogP contribution in [0.4, 0.5) is 0 Å². The van der Waals surface area contributed by atoms with Crippen molar-refractivity contribution in [2.24, 2.45) is 0 Å². The molecule has 0 bridgehead atoms. The first-order valence-electron chi connectivity index (χ1n) is 10.2. The fraction of sp³-hybridized carbons (Fsp3) is 0.273. The maximum atomic E-state index is 12.6. The second-order valence-electron chi connectivity index (χ2n) is 7.64. The number of aromatic nitrogens is 2. The van der Waals surface area contributed by atoms with Gasteiger partial charge < -0.3 is 0 Å². The van der Waals surface area contributed by atoms with E-state index in [9.17, 15) is 18.0 Å². The van der Waals surface area contributed by atoms with Crippen molar-refractivity contribution in [2.75, 3.05) is 13.1 Å². The molecule has 0 atom stereocenters. The topological polar surface area (TPSA) is 121 Å². The van der Waals surface area contributed by atoms with E-state index in [-0.39, 0.29) is 10.5 Å². The minimum absolute atomic E-state index is 0.141. The molecule has 2 heterocycles. The van der Waals surface area contributed by atoms with Gasteiger partial charge in [-0.25, -0.2) is 18.4 Å². The van der Waals surface area contributed by atoms with Crippen molar-refractivity contribution < 1.29 is 18.0 Å². The van der Waals surface area contributed by atoms with E-state index in [1.165, 1.54) is 28.6 Å². The number of benzene rings is 2. The summed E-state index contributed by atoms with van der Waals surface area (Å²) in [5.74, 6) is -1.07. The summed E-state index contributed by atoms with van der Waals surface area (Å²) in [6.45, 7) is 4.73. The lowest BCUT2D eigenvalue weighted by Crippen LogP contribution is -2.41. The number of hydrogen-bond acceptors (Lipinski definition) is 6. The van der Waals surface area contributed by atoms with Crippen LogP contribution in [-0.4, -0.2) is 47.6 Å². The van der Waals surface area contributed by atoms with E-state index >= 15 is 0 Å². The molecule has 10 heteroatoms. The first-order chi connectivity index (χ1) is 15.3. The van der Waals surface area contributed by atoms with Gasteiger partial charge in [-0.05, 0) is 69.2 Å². The number of fused-ring (bicyclic) bond motifs is 1. The van der Waals surface area contributed by atoms with Gasteiger partial charge in [-0.1, -0.05) is 0 Å². The molecule has 1 aliphatic rings. The zero-order valence-electron chi connectivity index (χ0n) is 17.8. The Labute approximate surface area is 185 Å². The molecule has 2 amide bonds. The predicted octanol–water partition coefficient (Wildman–Crippen LogP) is 2.11. The minimum Gasteiger partial charge on any atom is -0.267 e. The molecule has 0 unspecified atom stereocenters. The van der Waals surface area contributed by atoms with Crippen LogP contribution in [0.5, 0.6) is 0 Å². The van der Waals surface area contributed by atoms with Gasteiger partial charge in [0.05, 0.1) is 27.3 Å². The number of amides is 2. The van der Waals surface area contributed by atoms with E-state index in [0.29, 0.717) is 29.7 Å². The highest BCUT2D eigenvalue weighted by Gasteiger charge is 2.27. The molecule has 32 heavy (non-hydrogen) atoms. The molecule has 1 aliphatic heterocycles. The van der Waals surface area contributed by atoms with Gasteiger partial charge in [0.2, 0.25) is 10.0 Å². The average molecular weight is 454 g/mol. The van der Waals surface area contributed by atoms with Gasteiger partial charge >= 0.3 is 0 Å². The molecular weight excluding hydrogens is 430 g/mol. The van der Waals surface area contributed by atoms with E-state index in [1.807, 2.05) is 13.8 Å². The third-order valence-electron chi connectivity index (χ3n) is 5.45. The standard InChI is InChI=1S/C22H23N5O4S/c1-14-15(2)24-20-13-17(7-10-19(20)23-14)22(29)26-25-21(28)16-5-8-18(9-6-16)32(30,31)27-11-3-4-12-27/h5-10,13H,3-4,11-12H2,1-2H3,(H,25,28)(H,26,29). The van der Waals surface area contributed by atoms with Gasteiger partial charge in [0, 0.05) is 24.2 Å². The molecule has 1 saturated heterocycles. The SMILES string of the molecule is Cc1nc2ccc(C(=O)NNC(=O)c3ccc(S(=O)(=O)N4CCCC4)cc3)cc2nc1C. The van der Waals surface area contributed by atoms with Gasteiger partial charge in [-0.2, -0.15) is 4.31 Å². The second-order valence-corrected chi connectivity index (χ2v) is 9.58. The van der Waals surface area contributed by atoms with Gasteiger partial charge in [0.15, 0.2) is 0 Å². The number of hydrogen-bond donors (Lipinski definition) is 2. The Morgan fingerprint density at radius 1 is 0.812 bits per heavy atom. The third kappa shape index (κ3) is 4.32. The largest absolute Gasteiger partial charge is 0.269 e. The Kier molecular flexibility index (Phi) is 5.90. The van der Waals surface area contributed by atoms with E-state index in [4.69, 9.17) is 0 Å². The molecule has 9 nitrogen and oxygen atoms in total. The van der Waals surface area contributed by atoms with E-state index in [0.717, 1.165) is 24.2 Å². The van der Waals surface area contributed by atoms with Crippen molar-refractivity contribution in [1.29, 1.82) is 0 Å². The summed E-state index contributed by atoms with van der Waals surface area (Å²) in [6.07, 6.45) is 1.70. The Balaban J connectivity index is 1.41. The van der Waals surface area contributed by atoms with E-state index in [1.54, 1.807) is 18.2 Å². The van der Waals surface area contributed by atoms with Crippen LogP contribution >= 0.6 is 0 Å². The summed E-state index contributed by atoms with van der Waals surface area (Å²) in [7, 11) is -3.55. The number of nitrogens with one attached hydrogen (secondary N) is 2. The highest BCUT2D eigenvalue weighted by Crippen LogP contribution is 2.21. The number of hydrazine groups is 1. The Hall–Kier alpha value is -3.37. The van der Waals surface area contributed by atoms with Crippen molar-refractivity contribution >= 4 is 32.9 Å². The van der Waals surface area contributed by atoms with Crippen molar-refractivity contribution in [3.05, 3.63) is 65.0 Å². The summed E-state index contributed by atoms with van der Waals surface area (Å²) < 4.78 is 26.6. The molecule has 0 spiro atoms. The van der Waals surface area contributed by atoms with E-state index < -0.39 is 21.8 Å². The number of nitrogens with zero attached hydrogens (tertiary/aromatic N) is 3. The molecule has 2 aromatic carbocycles. The summed E-state index contributed by atoms with van der Waals surface area (Å²) in [6, 6.07) is 10.5. The minimum atomic E-state index is -3.55. The van der Waals surface area contributed by atoms with Crippen molar-refractivity contribution in [3.8, 4) is 0 Å². The number of aryl methyl sites for hydroxylation is 2. The summed E-state index contributed by atoms with van der Waals surface area (Å²) in [5, 5.41) is 0. The molecule has 166 valence electrons.